The second-order valence-electron chi connectivity index (χ2n) is 5.55. The largest absolute Gasteiger partial charge is 0.493 e. The molecule has 0 bridgehead atoms. The quantitative estimate of drug-likeness (QED) is 0.881. The molecule has 1 unspecified atom stereocenters. The molecule has 0 radical (unpaired) electrons. The van der Waals surface area contributed by atoms with Gasteiger partial charge in [-0.3, -0.25) is 0 Å². The summed E-state index contributed by atoms with van der Waals surface area (Å²) in [5.41, 5.74) is 0. The molecule has 3 rings (SSSR count). The number of ether oxygens (including phenoxy) is 1. The van der Waals surface area contributed by atoms with Crippen LogP contribution >= 0.6 is 0 Å². The maximum Gasteiger partial charge on any atom is 0.171 e. The first-order valence-corrected chi connectivity index (χ1v) is 7.37. The van der Waals surface area contributed by atoms with Crippen LogP contribution in [0.3, 0.4) is 0 Å². The SMILES string of the molecule is COc1cccnc1N1CCCCC1CNC1CC1. The minimum Gasteiger partial charge on any atom is -0.493 e. The van der Waals surface area contributed by atoms with E-state index in [9.17, 15) is 0 Å². The fraction of sp³-hybridized carbons (Fsp3) is 0.667. The summed E-state index contributed by atoms with van der Waals surface area (Å²) in [6, 6.07) is 5.26. The second kappa shape index (κ2) is 5.78. The first-order valence-electron chi connectivity index (χ1n) is 7.37. The number of piperidine rings is 1. The molecule has 1 aliphatic carbocycles. The van der Waals surface area contributed by atoms with Gasteiger partial charge in [0.25, 0.3) is 0 Å². The van der Waals surface area contributed by atoms with Crippen LogP contribution in [0.2, 0.25) is 0 Å². The highest BCUT2D eigenvalue weighted by Crippen LogP contribution is 2.30. The zero-order chi connectivity index (χ0) is 13.1. The van der Waals surface area contributed by atoms with Crippen molar-refractivity contribution >= 4 is 5.82 Å². The fourth-order valence-electron chi connectivity index (χ4n) is 2.84. The van der Waals surface area contributed by atoms with Crippen molar-refractivity contribution in [2.75, 3.05) is 25.1 Å². The van der Waals surface area contributed by atoms with Crippen LogP contribution in [-0.2, 0) is 0 Å². The summed E-state index contributed by atoms with van der Waals surface area (Å²) < 4.78 is 5.46. The van der Waals surface area contributed by atoms with E-state index in [1.54, 1.807) is 7.11 Å². The number of anilines is 1. The molecule has 0 spiro atoms. The Hall–Kier alpha value is -1.29. The lowest BCUT2D eigenvalue weighted by Crippen LogP contribution is -2.46. The van der Waals surface area contributed by atoms with E-state index in [2.05, 4.69) is 15.2 Å². The maximum atomic E-state index is 5.46. The predicted octanol–water partition coefficient (Wildman–Crippen LogP) is 2.20. The van der Waals surface area contributed by atoms with Crippen LogP contribution in [0, 0.1) is 0 Å². The van der Waals surface area contributed by atoms with E-state index in [-0.39, 0.29) is 0 Å². The number of nitrogens with zero attached hydrogens (tertiary/aromatic N) is 2. The monoisotopic (exact) mass is 261 g/mol. The Bertz CT molecular complexity index is 420. The lowest BCUT2D eigenvalue weighted by atomic mass is 10.0. The van der Waals surface area contributed by atoms with Gasteiger partial charge in [0, 0.05) is 31.4 Å². The van der Waals surface area contributed by atoms with Crippen molar-refractivity contribution in [1.29, 1.82) is 0 Å². The number of hydrogen-bond acceptors (Lipinski definition) is 4. The third kappa shape index (κ3) is 3.00. The summed E-state index contributed by atoms with van der Waals surface area (Å²) in [5, 5.41) is 3.65. The van der Waals surface area contributed by atoms with Gasteiger partial charge in [-0.15, -0.1) is 0 Å². The Kier molecular flexibility index (Phi) is 3.87. The second-order valence-corrected chi connectivity index (χ2v) is 5.55. The molecule has 1 aromatic heterocycles. The lowest BCUT2D eigenvalue weighted by Gasteiger charge is -2.37. The highest BCUT2D eigenvalue weighted by atomic mass is 16.5. The van der Waals surface area contributed by atoms with Gasteiger partial charge in [0.05, 0.1) is 7.11 Å². The first kappa shape index (κ1) is 12.7. The maximum absolute atomic E-state index is 5.46. The molecule has 1 saturated heterocycles. The number of rotatable bonds is 5. The summed E-state index contributed by atoms with van der Waals surface area (Å²) in [5.74, 6) is 1.90. The zero-order valence-electron chi connectivity index (χ0n) is 11.6. The van der Waals surface area contributed by atoms with Crippen molar-refractivity contribution in [3.05, 3.63) is 18.3 Å². The number of pyridine rings is 1. The van der Waals surface area contributed by atoms with Gasteiger partial charge in [-0.05, 0) is 44.2 Å². The normalized spacial score (nSPS) is 23.4. The molecule has 4 nitrogen and oxygen atoms in total. The molecule has 1 N–H and O–H groups in total. The molecule has 2 aliphatic rings. The van der Waals surface area contributed by atoms with Crippen molar-refractivity contribution in [2.24, 2.45) is 0 Å². The van der Waals surface area contributed by atoms with Crippen molar-refractivity contribution in [1.82, 2.24) is 10.3 Å². The van der Waals surface area contributed by atoms with E-state index in [0.717, 1.165) is 30.7 Å². The number of nitrogens with one attached hydrogen (secondary N) is 1. The minimum absolute atomic E-state index is 0.554. The Labute approximate surface area is 115 Å². The Morgan fingerprint density at radius 2 is 2.26 bits per heavy atom. The van der Waals surface area contributed by atoms with Crippen molar-refractivity contribution < 1.29 is 4.74 Å². The summed E-state index contributed by atoms with van der Waals surface area (Å²) >= 11 is 0. The van der Waals surface area contributed by atoms with Gasteiger partial charge in [0.2, 0.25) is 0 Å². The third-order valence-corrected chi connectivity index (χ3v) is 4.09. The van der Waals surface area contributed by atoms with Gasteiger partial charge in [-0.25, -0.2) is 4.98 Å². The number of methoxy groups -OCH3 is 1. The predicted molar refractivity (Wildman–Crippen MR) is 76.8 cm³/mol. The lowest BCUT2D eigenvalue weighted by molar-refractivity contribution is 0.396. The van der Waals surface area contributed by atoms with Gasteiger partial charge in [0.15, 0.2) is 11.6 Å². The third-order valence-electron chi connectivity index (χ3n) is 4.09. The molecule has 1 atom stereocenters. The molecular weight excluding hydrogens is 238 g/mol. The van der Waals surface area contributed by atoms with Crippen LogP contribution in [0.4, 0.5) is 5.82 Å². The molecule has 2 heterocycles. The molecule has 0 aromatic carbocycles. The standard InChI is InChI=1S/C15H23N3O/c1-19-14-6-4-9-16-15(14)18-10-3-2-5-13(18)11-17-12-7-8-12/h4,6,9,12-13,17H,2-3,5,7-8,10-11H2,1H3. The molecule has 1 aliphatic heterocycles. The minimum atomic E-state index is 0.554. The van der Waals surface area contributed by atoms with Gasteiger partial charge in [0.1, 0.15) is 0 Å². The van der Waals surface area contributed by atoms with E-state index < -0.39 is 0 Å². The van der Waals surface area contributed by atoms with E-state index >= 15 is 0 Å². The summed E-state index contributed by atoms with van der Waals surface area (Å²) in [6.45, 7) is 2.16. The summed E-state index contributed by atoms with van der Waals surface area (Å²) in [6.07, 6.45) is 8.37. The van der Waals surface area contributed by atoms with Gasteiger partial charge in [-0.2, -0.15) is 0 Å². The molecule has 0 amide bonds. The highest BCUT2D eigenvalue weighted by Gasteiger charge is 2.28. The zero-order valence-corrected chi connectivity index (χ0v) is 11.6. The van der Waals surface area contributed by atoms with Gasteiger partial charge in [-0.1, -0.05) is 0 Å². The van der Waals surface area contributed by atoms with Crippen LogP contribution < -0.4 is 15.0 Å². The average molecular weight is 261 g/mol. The molecule has 4 heteroatoms. The van der Waals surface area contributed by atoms with Crippen LogP contribution in [0.15, 0.2) is 18.3 Å². The van der Waals surface area contributed by atoms with Crippen LogP contribution in [0.5, 0.6) is 5.75 Å². The van der Waals surface area contributed by atoms with Gasteiger partial charge >= 0.3 is 0 Å². The Morgan fingerprint density at radius 1 is 1.37 bits per heavy atom. The molecule has 19 heavy (non-hydrogen) atoms. The van der Waals surface area contributed by atoms with Gasteiger partial charge < -0.3 is 15.0 Å². The topological polar surface area (TPSA) is 37.4 Å². The number of aromatic nitrogens is 1. The summed E-state index contributed by atoms with van der Waals surface area (Å²) in [4.78, 5) is 6.97. The first-order chi connectivity index (χ1) is 9.38. The van der Waals surface area contributed by atoms with Crippen LogP contribution in [-0.4, -0.2) is 37.3 Å². The molecule has 1 aromatic rings. The number of hydrogen-bond donors (Lipinski definition) is 1. The van der Waals surface area contributed by atoms with E-state index in [4.69, 9.17) is 4.74 Å². The average Bonchev–Trinajstić information content (AvgIpc) is 3.29. The fourth-order valence-corrected chi connectivity index (χ4v) is 2.84. The molecule has 2 fully saturated rings. The van der Waals surface area contributed by atoms with Crippen molar-refractivity contribution in [3.63, 3.8) is 0 Å². The van der Waals surface area contributed by atoms with E-state index in [1.165, 1.54) is 32.1 Å². The Morgan fingerprint density at radius 3 is 3.05 bits per heavy atom. The van der Waals surface area contributed by atoms with E-state index in [0.29, 0.717) is 6.04 Å². The smallest absolute Gasteiger partial charge is 0.171 e. The van der Waals surface area contributed by atoms with Crippen molar-refractivity contribution in [2.45, 2.75) is 44.2 Å². The molecular formula is C15H23N3O. The Balaban J connectivity index is 1.74. The molecule has 104 valence electrons. The highest BCUT2D eigenvalue weighted by molar-refractivity contribution is 5.53. The van der Waals surface area contributed by atoms with E-state index in [1.807, 2.05) is 18.3 Å². The molecule has 1 saturated carbocycles. The van der Waals surface area contributed by atoms with Crippen LogP contribution in [0.25, 0.3) is 0 Å². The van der Waals surface area contributed by atoms with Crippen molar-refractivity contribution in [3.8, 4) is 5.75 Å². The van der Waals surface area contributed by atoms with Crippen LogP contribution in [0.1, 0.15) is 32.1 Å². The summed E-state index contributed by atoms with van der Waals surface area (Å²) in [7, 11) is 1.72.